The summed E-state index contributed by atoms with van der Waals surface area (Å²) in [4.78, 5) is 14.4. The Kier molecular flexibility index (Phi) is 5.01. The quantitative estimate of drug-likeness (QED) is 0.843. The van der Waals surface area contributed by atoms with Gasteiger partial charge in [-0.15, -0.1) is 0 Å². The van der Waals surface area contributed by atoms with Gasteiger partial charge in [0.15, 0.2) is 5.69 Å². The Morgan fingerprint density at radius 3 is 2.83 bits per heavy atom. The van der Waals surface area contributed by atoms with Gasteiger partial charge in [-0.2, -0.15) is 5.10 Å². The van der Waals surface area contributed by atoms with Gasteiger partial charge in [0.1, 0.15) is 0 Å². The Morgan fingerprint density at radius 2 is 2.09 bits per heavy atom. The lowest BCUT2D eigenvalue weighted by molar-refractivity contribution is 0.0754. The molecule has 0 N–H and O–H groups in total. The van der Waals surface area contributed by atoms with Gasteiger partial charge < -0.3 is 4.90 Å². The van der Waals surface area contributed by atoms with E-state index in [9.17, 15) is 4.79 Å². The smallest absolute Gasteiger partial charge is 0.274 e. The summed E-state index contributed by atoms with van der Waals surface area (Å²) < 4.78 is 1.69. The number of amides is 1. The zero-order chi connectivity index (χ0) is 16.2. The second-order valence-electron chi connectivity index (χ2n) is 6.32. The molecule has 1 aliphatic rings. The molecule has 0 aliphatic heterocycles. The lowest BCUT2D eigenvalue weighted by atomic mass is 9.89. The SMILES string of the molecule is CN(CC1CCCCC1)C(=O)c1ccn(-c2cccc(Cl)c2)n1. The Labute approximate surface area is 142 Å². The predicted octanol–water partition coefficient (Wildman–Crippen LogP) is 4.18. The van der Waals surface area contributed by atoms with E-state index in [1.165, 1.54) is 32.1 Å². The van der Waals surface area contributed by atoms with Crippen molar-refractivity contribution in [2.45, 2.75) is 32.1 Å². The second-order valence-corrected chi connectivity index (χ2v) is 6.75. The van der Waals surface area contributed by atoms with Crippen LogP contribution in [0.4, 0.5) is 0 Å². The van der Waals surface area contributed by atoms with E-state index in [2.05, 4.69) is 5.10 Å². The topological polar surface area (TPSA) is 38.1 Å². The van der Waals surface area contributed by atoms with Gasteiger partial charge in [0.25, 0.3) is 5.91 Å². The summed E-state index contributed by atoms with van der Waals surface area (Å²) in [6.45, 7) is 0.822. The maximum Gasteiger partial charge on any atom is 0.274 e. The first-order chi connectivity index (χ1) is 11.1. The van der Waals surface area contributed by atoms with Crippen molar-refractivity contribution in [3.63, 3.8) is 0 Å². The number of aromatic nitrogens is 2. The third-order valence-corrected chi connectivity index (χ3v) is 4.72. The molecule has 4 nitrogen and oxygen atoms in total. The van der Waals surface area contributed by atoms with Crippen LogP contribution in [0.5, 0.6) is 0 Å². The van der Waals surface area contributed by atoms with E-state index in [1.54, 1.807) is 21.8 Å². The zero-order valence-corrected chi connectivity index (χ0v) is 14.2. The van der Waals surface area contributed by atoms with Gasteiger partial charge in [0.2, 0.25) is 0 Å². The second kappa shape index (κ2) is 7.18. The van der Waals surface area contributed by atoms with Crippen LogP contribution in [0.3, 0.4) is 0 Å². The van der Waals surface area contributed by atoms with Crippen molar-refractivity contribution < 1.29 is 4.79 Å². The highest BCUT2D eigenvalue weighted by atomic mass is 35.5. The monoisotopic (exact) mass is 331 g/mol. The number of hydrogen-bond acceptors (Lipinski definition) is 2. The summed E-state index contributed by atoms with van der Waals surface area (Å²) in [7, 11) is 1.87. The van der Waals surface area contributed by atoms with Crippen LogP contribution in [-0.4, -0.2) is 34.2 Å². The maximum absolute atomic E-state index is 12.6. The molecule has 122 valence electrons. The van der Waals surface area contributed by atoms with Gasteiger partial charge in [-0.3, -0.25) is 4.79 Å². The molecule has 0 saturated heterocycles. The molecule has 1 saturated carbocycles. The molecule has 1 aromatic carbocycles. The predicted molar refractivity (Wildman–Crippen MR) is 92.1 cm³/mol. The molecule has 2 aromatic rings. The summed E-state index contributed by atoms with van der Waals surface area (Å²) in [5.41, 5.74) is 1.33. The molecule has 1 fully saturated rings. The summed E-state index contributed by atoms with van der Waals surface area (Å²) >= 11 is 6.01. The standard InChI is InChI=1S/C18H22ClN3O/c1-21(13-14-6-3-2-4-7-14)18(23)17-10-11-22(20-17)16-9-5-8-15(19)12-16/h5,8-12,14H,2-4,6-7,13H2,1H3. The van der Waals surface area contributed by atoms with E-state index in [1.807, 2.05) is 31.3 Å². The van der Waals surface area contributed by atoms with Crippen LogP contribution in [0.25, 0.3) is 5.69 Å². The molecule has 0 spiro atoms. The van der Waals surface area contributed by atoms with Gasteiger partial charge in [-0.05, 0) is 43.0 Å². The van der Waals surface area contributed by atoms with E-state index in [4.69, 9.17) is 11.6 Å². The first-order valence-corrected chi connectivity index (χ1v) is 8.58. The van der Waals surface area contributed by atoms with Crippen LogP contribution < -0.4 is 0 Å². The van der Waals surface area contributed by atoms with E-state index in [-0.39, 0.29) is 5.91 Å². The van der Waals surface area contributed by atoms with Gasteiger partial charge in [-0.1, -0.05) is 36.9 Å². The first-order valence-electron chi connectivity index (χ1n) is 8.20. The van der Waals surface area contributed by atoms with Crippen molar-refractivity contribution in [2.24, 2.45) is 5.92 Å². The minimum atomic E-state index is -0.0173. The van der Waals surface area contributed by atoms with Crippen LogP contribution in [-0.2, 0) is 0 Å². The Bertz CT molecular complexity index is 676. The van der Waals surface area contributed by atoms with Crippen LogP contribution in [0.15, 0.2) is 36.5 Å². The summed E-state index contributed by atoms with van der Waals surface area (Å²) in [6, 6.07) is 9.20. The summed E-state index contributed by atoms with van der Waals surface area (Å²) in [5.74, 6) is 0.615. The third kappa shape index (κ3) is 3.94. The molecule has 0 radical (unpaired) electrons. The first kappa shape index (κ1) is 16.1. The number of nitrogens with zero attached hydrogens (tertiary/aromatic N) is 3. The summed E-state index contributed by atoms with van der Waals surface area (Å²) in [5, 5.41) is 5.06. The van der Waals surface area contributed by atoms with Gasteiger partial charge in [0.05, 0.1) is 5.69 Å². The molecule has 5 heteroatoms. The van der Waals surface area contributed by atoms with Crippen LogP contribution in [0.2, 0.25) is 5.02 Å². The van der Waals surface area contributed by atoms with Crippen molar-refractivity contribution in [3.8, 4) is 5.69 Å². The maximum atomic E-state index is 12.6. The van der Waals surface area contributed by atoms with E-state index >= 15 is 0 Å². The van der Waals surface area contributed by atoms with Crippen molar-refractivity contribution in [2.75, 3.05) is 13.6 Å². The van der Waals surface area contributed by atoms with Crippen molar-refractivity contribution >= 4 is 17.5 Å². The lowest BCUT2D eigenvalue weighted by Gasteiger charge is -2.26. The molecule has 1 heterocycles. The molecular formula is C18H22ClN3O. The molecular weight excluding hydrogens is 310 g/mol. The van der Waals surface area contributed by atoms with E-state index in [0.29, 0.717) is 16.6 Å². The molecule has 3 rings (SSSR count). The van der Waals surface area contributed by atoms with Crippen molar-refractivity contribution in [1.29, 1.82) is 0 Å². The fourth-order valence-electron chi connectivity index (χ4n) is 3.24. The Balaban J connectivity index is 1.68. The average Bonchev–Trinajstić information content (AvgIpc) is 3.05. The Morgan fingerprint density at radius 1 is 1.30 bits per heavy atom. The zero-order valence-electron chi connectivity index (χ0n) is 13.4. The minimum absolute atomic E-state index is 0.0173. The van der Waals surface area contributed by atoms with E-state index < -0.39 is 0 Å². The normalized spacial score (nSPS) is 15.6. The Hall–Kier alpha value is -1.81. The molecule has 0 atom stereocenters. The highest BCUT2D eigenvalue weighted by Gasteiger charge is 2.20. The van der Waals surface area contributed by atoms with E-state index in [0.717, 1.165) is 12.2 Å². The van der Waals surface area contributed by atoms with Crippen molar-refractivity contribution in [3.05, 3.63) is 47.2 Å². The molecule has 0 unspecified atom stereocenters. The fourth-order valence-corrected chi connectivity index (χ4v) is 3.42. The van der Waals surface area contributed by atoms with Crippen LogP contribution in [0, 0.1) is 5.92 Å². The number of hydrogen-bond donors (Lipinski definition) is 0. The number of rotatable bonds is 4. The molecule has 0 bridgehead atoms. The van der Waals surface area contributed by atoms with Crippen LogP contribution in [0.1, 0.15) is 42.6 Å². The molecule has 1 amide bonds. The number of carbonyl (C=O) groups excluding carboxylic acids is 1. The minimum Gasteiger partial charge on any atom is -0.340 e. The van der Waals surface area contributed by atoms with Gasteiger partial charge in [0, 0.05) is 24.8 Å². The fraction of sp³-hybridized carbons (Fsp3) is 0.444. The highest BCUT2D eigenvalue weighted by Crippen LogP contribution is 2.24. The lowest BCUT2D eigenvalue weighted by Crippen LogP contribution is -2.33. The average molecular weight is 332 g/mol. The van der Waals surface area contributed by atoms with Crippen LogP contribution >= 0.6 is 11.6 Å². The van der Waals surface area contributed by atoms with Gasteiger partial charge >= 0.3 is 0 Å². The summed E-state index contributed by atoms with van der Waals surface area (Å²) in [6.07, 6.45) is 8.17. The number of carbonyl (C=O) groups is 1. The molecule has 1 aliphatic carbocycles. The van der Waals surface area contributed by atoms with Crippen molar-refractivity contribution in [1.82, 2.24) is 14.7 Å². The number of halogens is 1. The number of benzene rings is 1. The van der Waals surface area contributed by atoms with Gasteiger partial charge in [-0.25, -0.2) is 4.68 Å². The highest BCUT2D eigenvalue weighted by molar-refractivity contribution is 6.30. The molecule has 23 heavy (non-hydrogen) atoms. The third-order valence-electron chi connectivity index (χ3n) is 4.48. The largest absolute Gasteiger partial charge is 0.340 e. The molecule has 1 aromatic heterocycles.